The van der Waals surface area contributed by atoms with Crippen molar-refractivity contribution in [1.29, 1.82) is 0 Å². The molecule has 0 aliphatic heterocycles. The second-order valence-electron chi connectivity index (χ2n) is 5.55. The zero-order valence-corrected chi connectivity index (χ0v) is 12.7. The molecule has 0 aliphatic rings. The summed E-state index contributed by atoms with van der Waals surface area (Å²) in [5.74, 6) is 0.809. The van der Waals surface area contributed by atoms with Gasteiger partial charge in [0.25, 0.3) is 5.56 Å². The highest BCUT2D eigenvalue weighted by molar-refractivity contribution is 5.79. The number of rotatable bonds is 5. The molecule has 0 aliphatic carbocycles. The van der Waals surface area contributed by atoms with Crippen molar-refractivity contribution >= 4 is 5.91 Å². The molecule has 3 N–H and O–H groups in total. The van der Waals surface area contributed by atoms with Crippen LogP contribution in [0.4, 0.5) is 0 Å². The quantitative estimate of drug-likeness (QED) is 0.760. The average Bonchev–Trinajstić information content (AvgIpc) is 2.96. The Morgan fingerprint density at radius 3 is 2.62 bits per heavy atom. The van der Waals surface area contributed by atoms with Crippen LogP contribution in [0.25, 0.3) is 0 Å². The Kier molecular flexibility index (Phi) is 4.30. The molecule has 1 atom stereocenters. The van der Waals surface area contributed by atoms with Crippen LogP contribution in [0.2, 0.25) is 0 Å². The van der Waals surface area contributed by atoms with Crippen LogP contribution in [0, 0.1) is 12.8 Å². The summed E-state index contributed by atoms with van der Waals surface area (Å²) in [6.07, 6.45) is 3.61. The van der Waals surface area contributed by atoms with Gasteiger partial charge in [0.05, 0.1) is 12.5 Å². The van der Waals surface area contributed by atoms with Gasteiger partial charge in [-0.2, -0.15) is 0 Å². The third kappa shape index (κ3) is 3.24. The van der Waals surface area contributed by atoms with Crippen molar-refractivity contribution in [3.63, 3.8) is 0 Å². The molecule has 0 spiro atoms. The van der Waals surface area contributed by atoms with E-state index in [1.165, 1.54) is 0 Å². The molecule has 0 saturated heterocycles. The first-order valence-corrected chi connectivity index (χ1v) is 6.92. The summed E-state index contributed by atoms with van der Waals surface area (Å²) < 4.78 is 1.89. The number of aryl methyl sites for hydroxylation is 2. The fourth-order valence-electron chi connectivity index (χ4n) is 2.28. The normalized spacial score (nSPS) is 12.6. The third-order valence-electron chi connectivity index (χ3n) is 3.55. The highest BCUT2D eigenvalue weighted by atomic mass is 16.2. The van der Waals surface area contributed by atoms with Crippen LogP contribution < -0.4 is 10.9 Å². The number of amides is 1. The molecule has 0 aromatic carbocycles. The molecule has 21 heavy (non-hydrogen) atoms. The van der Waals surface area contributed by atoms with Crippen LogP contribution in [0.3, 0.4) is 0 Å². The molecule has 0 fully saturated rings. The first kappa shape index (κ1) is 15.1. The first-order valence-electron chi connectivity index (χ1n) is 6.92. The minimum atomic E-state index is -0.249. The van der Waals surface area contributed by atoms with Gasteiger partial charge in [-0.3, -0.25) is 14.7 Å². The van der Waals surface area contributed by atoms with Crippen molar-refractivity contribution in [1.82, 2.24) is 25.1 Å². The highest BCUT2D eigenvalue weighted by Gasteiger charge is 2.23. The number of nitrogens with one attached hydrogen (secondary N) is 3. The van der Waals surface area contributed by atoms with Gasteiger partial charge in [0.1, 0.15) is 5.82 Å². The molecule has 0 unspecified atom stereocenters. The van der Waals surface area contributed by atoms with Crippen molar-refractivity contribution in [3.05, 3.63) is 39.8 Å². The van der Waals surface area contributed by atoms with Crippen LogP contribution in [0.15, 0.2) is 17.2 Å². The van der Waals surface area contributed by atoms with Crippen LogP contribution in [0.1, 0.15) is 37.0 Å². The number of imidazole rings is 1. The summed E-state index contributed by atoms with van der Waals surface area (Å²) in [4.78, 5) is 28.1. The molecule has 7 heteroatoms. The molecular weight excluding hydrogens is 270 g/mol. The van der Waals surface area contributed by atoms with Crippen LogP contribution >= 0.6 is 0 Å². The van der Waals surface area contributed by atoms with Crippen molar-refractivity contribution in [2.24, 2.45) is 13.0 Å². The van der Waals surface area contributed by atoms with E-state index in [2.05, 4.69) is 20.5 Å². The maximum Gasteiger partial charge on any atom is 0.267 e. The fraction of sp³-hybridized carbons (Fsp3) is 0.500. The Hall–Kier alpha value is -2.31. The number of carbonyl (C=O) groups is 1. The number of hydrogen-bond donors (Lipinski definition) is 3. The van der Waals surface area contributed by atoms with E-state index in [9.17, 15) is 9.59 Å². The lowest BCUT2D eigenvalue weighted by Crippen LogP contribution is -2.35. The van der Waals surface area contributed by atoms with E-state index in [0.717, 1.165) is 5.82 Å². The largest absolute Gasteiger partial charge is 0.346 e. The number of hydrogen-bond acceptors (Lipinski definition) is 3. The Labute approximate surface area is 122 Å². The Bertz CT molecular complexity index is 680. The number of nitrogens with zero attached hydrogens (tertiary/aromatic N) is 2. The van der Waals surface area contributed by atoms with Gasteiger partial charge in [-0.15, -0.1) is 0 Å². The predicted octanol–water partition coefficient (Wildman–Crippen LogP) is 0.801. The van der Waals surface area contributed by atoms with Crippen molar-refractivity contribution < 1.29 is 4.79 Å². The smallest absolute Gasteiger partial charge is 0.267 e. The van der Waals surface area contributed by atoms with Gasteiger partial charge in [-0.25, -0.2) is 4.98 Å². The monoisotopic (exact) mass is 291 g/mol. The average molecular weight is 291 g/mol. The lowest BCUT2D eigenvalue weighted by molar-refractivity contribution is -0.121. The standard InChI is InChI=1S/C14H21N5O2/c1-8(2)12(13-15-5-6-19(13)4)16-11(20)7-10-9(3)17-18-14(10)21/h5-6,8,12H,7H2,1-4H3,(H,16,20)(H2,17,18,21)/t12-/m1/s1. The number of aromatic amines is 2. The van der Waals surface area contributed by atoms with E-state index in [1.54, 1.807) is 13.1 Å². The second-order valence-corrected chi connectivity index (χ2v) is 5.55. The minimum Gasteiger partial charge on any atom is -0.346 e. The van der Waals surface area contributed by atoms with Gasteiger partial charge < -0.3 is 15.0 Å². The van der Waals surface area contributed by atoms with Crippen LogP contribution in [-0.2, 0) is 18.3 Å². The van der Waals surface area contributed by atoms with E-state index in [-0.39, 0.29) is 29.8 Å². The SMILES string of the molecule is Cc1[nH][nH]c(=O)c1CC(=O)N[C@@H](c1nccn1C)C(C)C. The summed E-state index contributed by atoms with van der Waals surface area (Å²) >= 11 is 0. The molecule has 114 valence electrons. The first-order chi connectivity index (χ1) is 9.90. The molecule has 2 rings (SSSR count). The van der Waals surface area contributed by atoms with Crippen LogP contribution in [0.5, 0.6) is 0 Å². The molecule has 0 radical (unpaired) electrons. The Balaban J connectivity index is 2.13. The topological polar surface area (TPSA) is 95.6 Å². The zero-order valence-electron chi connectivity index (χ0n) is 12.7. The van der Waals surface area contributed by atoms with Gasteiger partial charge in [0, 0.05) is 30.7 Å². The van der Waals surface area contributed by atoms with E-state index in [4.69, 9.17) is 0 Å². The molecule has 1 amide bonds. The van der Waals surface area contributed by atoms with Crippen LogP contribution in [-0.4, -0.2) is 25.7 Å². The highest BCUT2D eigenvalue weighted by Crippen LogP contribution is 2.19. The number of aromatic nitrogens is 4. The van der Waals surface area contributed by atoms with Gasteiger partial charge >= 0.3 is 0 Å². The zero-order chi connectivity index (χ0) is 15.6. The van der Waals surface area contributed by atoms with Crippen molar-refractivity contribution in [3.8, 4) is 0 Å². The molecule has 2 aromatic rings. The number of carbonyl (C=O) groups excluding carboxylic acids is 1. The predicted molar refractivity (Wildman–Crippen MR) is 78.8 cm³/mol. The lowest BCUT2D eigenvalue weighted by Gasteiger charge is -2.22. The summed E-state index contributed by atoms with van der Waals surface area (Å²) in [6, 6.07) is -0.184. The van der Waals surface area contributed by atoms with E-state index < -0.39 is 0 Å². The summed E-state index contributed by atoms with van der Waals surface area (Å²) in [7, 11) is 1.89. The Morgan fingerprint density at radius 1 is 1.43 bits per heavy atom. The maximum absolute atomic E-state index is 12.2. The summed E-state index contributed by atoms with van der Waals surface area (Å²) in [5, 5.41) is 8.16. The van der Waals surface area contributed by atoms with Gasteiger partial charge in [0.15, 0.2) is 0 Å². The van der Waals surface area contributed by atoms with Crippen molar-refractivity contribution in [2.45, 2.75) is 33.2 Å². The molecule has 7 nitrogen and oxygen atoms in total. The molecule has 0 bridgehead atoms. The van der Waals surface area contributed by atoms with E-state index in [1.807, 2.05) is 31.7 Å². The van der Waals surface area contributed by atoms with Gasteiger partial charge in [-0.05, 0) is 12.8 Å². The molecule has 2 aromatic heterocycles. The van der Waals surface area contributed by atoms with Crippen molar-refractivity contribution in [2.75, 3.05) is 0 Å². The molecular formula is C14H21N5O2. The van der Waals surface area contributed by atoms with Gasteiger partial charge in [0.2, 0.25) is 5.91 Å². The molecule has 0 saturated carbocycles. The van der Waals surface area contributed by atoms with Gasteiger partial charge in [-0.1, -0.05) is 13.8 Å². The summed E-state index contributed by atoms with van der Waals surface area (Å²) in [5.41, 5.74) is 0.906. The fourth-order valence-corrected chi connectivity index (χ4v) is 2.28. The number of H-pyrrole nitrogens is 2. The van der Waals surface area contributed by atoms with E-state index >= 15 is 0 Å². The third-order valence-corrected chi connectivity index (χ3v) is 3.55. The maximum atomic E-state index is 12.2. The summed E-state index contributed by atoms with van der Waals surface area (Å²) in [6.45, 7) is 5.81. The molecule has 2 heterocycles. The second kappa shape index (κ2) is 5.99. The lowest BCUT2D eigenvalue weighted by atomic mass is 10.0. The minimum absolute atomic E-state index is 0.0539. The Morgan fingerprint density at radius 2 is 2.14 bits per heavy atom. The van der Waals surface area contributed by atoms with E-state index in [0.29, 0.717) is 11.3 Å².